The Labute approximate surface area is 104 Å². The van der Waals surface area contributed by atoms with Crippen LogP contribution in [0.4, 0.5) is 0 Å². The van der Waals surface area contributed by atoms with Gasteiger partial charge in [0.2, 0.25) is 0 Å². The first kappa shape index (κ1) is 12.1. The maximum Gasteiger partial charge on any atom is 0.253 e. The summed E-state index contributed by atoms with van der Waals surface area (Å²) >= 11 is 5.64. The number of nitrogens with zero attached hydrogens (tertiary/aromatic N) is 1. The van der Waals surface area contributed by atoms with Crippen molar-refractivity contribution in [2.75, 3.05) is 6.61 Å². The second kappa shape index (κ2) is 5.29. The first-order chi connectivity index (χ1) is 8.19. The highest BCUT2D eigenvalue weighted by Gasteiger charge is 2.20. The van der Waals surface area contributed by atoms with Gasteiger partial charge in [0.15, 0.2) is 0 Å². The molecule has 1 heterocycles. The maximum absolute atomic E-state index is 11.8. The van der Waals surface area contributed by atoms with Gasteiger partial charge in [0, 0.05) is 24.8 Å². The standard InChI is InChI=1S/C12H13ClN2O2/c13-11-4-2-9(6-14-11)12(17)15-10-3-1-8(5-10)7-16/h1-4,6,8,10,16H,5,7H2,(H,15,17)/t8-,10+/m0/s1. The van der Waals surface area contributed by atoms with E-state index in [1.165, 1.54) is 6.20 Å². The number of aromatic nitrogens is 1. The monoisotopic (exact) mass is 252 g/mol. The zero-order valence-electron chi connectivity index (χ0n) is 9.14. The molecule has 1 aromatic rings. The van der Waals surface area contributed by atoms with E-state index in [-0.39, 0.29) is 24.5 Å². The molecule has 17 heavy (non-hydrogen) atoms. The van der Waals surface area contributed by atoms with E-state index in [0.29, 0.717) is 10.7 Å². The number of rotatable bonds is 3. The fourth-order valence-electron chi connectivity index (χ4n) is 1.78. The molecule has 0 saturated carbocycles. The van der Waals surface area contributed by atoms with Crippen LogP contribution in [0.25, 0.3) is 0 Å². The summed E-state index contributed by atoms with van der Waals surface area (Å²) in [5, 5.41) is 12.2. The summed E-state index contributed by atoms with van der Waals surface area (Å²) in [4.78, 5) is 15.7. The number of aliphatic hydroxyl groups excluding tert-OH is 1. The normalized spacial score (nSPS) is 22.7. The van der Waals surface area contributed by atoms with Gasteiger partial charge in [-0.25, -0.2) is 4.98 Å². The molecule has 0 fully saturated rings. The van der Waals surface area contributed by atoms with Crippen LogP contribution in [-0.4, -0.2) is 28.6 Å². The van der Waals surface area contributed by atoms with Gasteiger partial charge in [-0.2, -0.15) is 0 Å². The highest BCUT2D eigenvalue weighted by molar-refractivity contribution is 6.29. The lowest BCUT2D eigenvalue weighted by atomic mass is 10.1. The van der Waals surface area contributed by atoms with Gasteiger partial charge < -0.3 is 10.4 Å². The average molecular weight is 253 g/mol. The molecule has 0 unspecified atom stereocenters. The minimum atomic E-state index is -0.178. The van der Waals surface area contributed by atoms with Crippen LogP contribution < -0.4 is 5.32 Å². The third-order valence-electron chi connectivity index (χ3n) is 2.71. The van der Waals surface area contributed by atoms with Crippen molar-refractivity contribution in [2.24, 2.45) is 5.92 Å². The number of amides is 1. The van der Waals surface area contributed by atoms with Gasteiger partial charge in [-0.3, -0.25) is 4.79 Å². The van der Waals surface area contributed by atoms with Crippen molar-refractivity contribution < 1.29 is 9.90 Å². The average Bonchev–Trinajstić information content (AvgIpc) is 2.77. The summed E-state index contributed by atoms with van der Waals surface area (Å²) in [5.41, 5.74) is 0.482. The van der Waals surface area contributed by atoms with Gasteiger partial charge in [-0.1, -0.05) is 23.8 Å². The minimum Gasteiger partial charge on any atom is -0.396 e. The number of carbonyl (C=O) groups is 1. The van der Waals surface area contributed by atoms with Crippen LogP contribution >= 0.6 is 11.6 Å². The van der Waals surface area contributed by atoms with Gasteiger partial charge in [0.25, 0.3) is 5.91 Å². The molecule has 2 rings (SSSR count). The Morgan fingerprint density at radius 2 is 2.35 bits per heavy atom. The quantitative estimate of drug-likeness (QED) is 0.632. The van der Waals surface area contributed by atoms with Crippen molar-refractivity contribution >= 4 is 17.5 Å². The van der Waals surface area contributed by atoms with E-state index < -0.39 is 0 Å². The Morgan fingerprint density at radius 1 is 1.53 bits per heavy atom. The Morgan fingerprint density at radius 3 is 2.94 bits per heavy atom. The largest absolute Gasteiger partial charge is 0.396 e. The predicted molar refractivity (Wildman–Crippen MR) is 64.8 cm³/mol. The molecule has 0 radical (unpaired) electrons. The molecule has 1 aliphatic carbocycles. The third kappa shape index (κ3) is 3.05. The second-order valence-electron chi connectivity index (χ2n) is 4.01. The van der Waals surface area contributed by atoms with Gasteiger partial charge in [0.1, 0.15) is 5.15 Å². The molecule has 2 N–H and O–H groups in total. The molecule has 0 aromatic carbocycles. The maximum atomic E-state index is 11.8. The van der Waals surface area contributed by atoms with Crippen LogP contribution in [0.15, 0.2) is 30.5 Å². The summed E-state index contributed by atoms with van der Waals surface area (Å²) in [6, 6.07) is 3.19. The molecule has 90 valence electrons. The lowest BCUT2D eigenvalue weighted by Crippen LogP contribution is -2.32. The second-order valence-corrected chi connectivity index (χ2v) is 4.40. The van der Waals surface area contributed by atoms with Crippen molar-refractivity contribution in [3.8, 4) is 0 Å². The Kier molecular flexibility index (Phi) is 3.76. The van der Waals surface area contributed by atoms with E-state index in [4.69, 9.17) is 16.7 Å². The highest BCUT2D eigenvalue weighted by Crippen LogP contribution is 2.17. The van der Waals surface area contributed by atoms with Crippen LogP contribution in [0.2, 0.25) is 5.15 Å². The van der Waals surface area contributed by atoms with Crippen LogP contribution in [0.5, 0.6) is 0 Å². The van der Waals surface area contributed by atoms with E-state index >= 15 is 0 Å². The molecular formula is C12H13ClN2O2. The van der Waals surface area contributed by atoms with Crippen molar-refractivity contribution in [3.63, 3.8) is 0 Å². The molecule has 1 amide bonds. The van der Waals surface area contributed by atoms with E-state index in [1.807, 2.05) is 12.2 Å². The zero-order chi connectivity index (χ0) is 12.3. The van der Waals surface area contributed by atoms with E-state index in [1.54, 1.807) is 12.1 Å². The summed E-state index contributed by atoms with van der Waals surface area (Å²) in [5.74, 6) is -0.0361. The molecule has 0 saturated heterocycles. The van der Waals surface area contributed by atoms with Gasteiger partial charge in [-0.15, -0.1) is 0 Å². The number of aliphatic hydroxyl groups is 1. The summed E-state index contributed by atoms with van der Waals surface area (Å²) in [6.07, 6.45) is 6.01. The van der Waals surface area contributed by atoms with Crippen molar-refractivity contribution in [1.82, 2.24) is 10.3 Å². The number of carbonyl (C=O) groups excluding carboxylic acids is 1. The molecule has 4 nitrogen and oxygen atoms in total. The summed E-state index contributed by atoms with van der Waals surface area (Å²) in [7, 11) is 0. The summed E-state index contributed by atoms with van der Waals surface area (Å²) in [6.45, 7) is 0.116. The molecule has 0 aliphatic heterocycles. The van der Waals surface area contributed by atoms with Crippen LogP contribution in [0.3, 0.4) is 0 Å². The van der Waals surface area contributed by atoms with Crippen LogP contribution in [-0.2, 0) is 0 Å². The van der Waals surface area contributed by atoms with Crippen molar-refractivity contribution in [3.05, 3.63) is 41.2 Å². The number of hydrogen-bond acceptors (Lipinski definition) is 3. The topological polar surface area (TPSA) is 62.2 Å². The number of pyridine rings is 1. The number of hydrogen-bond donors (Lipinski definition) is 2. The molecular weight excluding hydrogens is 240 g/mol. The highest BCUT2D eigenvalue weighted by atomic mass is 35.5. The van der Waals surface area contributed by atoms with E-state index in [0.717, 1.165) is 6.42 Å². The fraction of sp³-hybridized carbons (Fsp3) is 0.333. The predicted octanol–water partition coefficient (Wildman–Crippen LogP) is 1.40. The first-order valence-corrected chi connectivity index (χ1v) is 5.78. The molecule has 1 aromatic heterocycles. The zero-order valence-corrected chi connectivity index (χ0v) is 9.89. The molecule has 5 heteroatoms. The Balaban J connectivity index is 1.94. The van der Waals surface area contributed by atoms with Gasteiger partial charge in [0.05, 0.1) is 5.56 Å². The minimum absolute atomic E-state index is 0.0182. The lowest BCUT2D eigenvalue weighted by Gasteiger charge is -2.12. The third-order valence-corrected chi connectivity index (χ3v) is 2.94. The molecule has 2 atom stereocenters. The van der Waals surface area contributed by atoms with Gasteiger partial charge >= 0.3 is 0 Å². The first-order valence-electron chi connectivity index (χ1n) is 5.40. The molecule has 1 aliphatic rings. The van der Waals surface area contributed by atoms with Crippen molar-refractivity contribution in [1.29, 1.82) is 0 Å². The molecule has 0 spiro atoms. The number of halogens is 1. The Bertz CT molecular complexity index is 431. The smallest absolute Gasteiger partial charge is 0.253 e. The number of nitrogens with one attached hydrogen (secondary N) is 1. The van der Waals surface area contributed by atoms with E-state index in [9.17, 15) is 4.79 Å². The van der Waals surface area contributed by atoms with Crippen molar-refractivity contribution in [2.45, 2.75) is 12.5 Å². The Hall–Kier alpha value is -1.39. The fourth-order valence-corrected chi connectivity index (χ4v) is 1.89. The van der Waals surface area contributed by atoms with Gasteiger partial charge in [-0.05, 0) is 18.6 Å². The SMILES string of the molecule is O=C(N[C@@H]1C=C[C@H](CO)C1)c1ccc(Cl)nc1. The molecule has 0 bridgehead atoms. The van der Waals surface area contributed by atoms with E-state index in [2.05, 4.69) is 10.3 Å². The summed E-state index contributed by atoms with van der Waals surface area (Å²) < 4.78 is 0. The van der Waals surface area contributed by atoms with Crippen LogP contribution in [0.1, 0.15) is 16.8 Å². The van der Waals surface area contributed by atoms with Crippen LogP contribution in [0, 0.1) is 5.92 Å². The lowest BCUT2D eigenvalue weighted by molar-refractivity contribution is 0.0940.